The van der Waals surface area contributed by atoms with E-state index in [0.717, 1.165) is 12.1 Å². The van der Waals surface area contributed by atoms with Crippen molar-refractivity contribution < 1.29 is 39.5 Å². The van der Waals surface area contributed by atoms with Crippen LogP contribution in [0.5, 0.6) is 0 Å². The van der Waals surface area contributed by atoms with E-state index >= 15 is 0 Å². The Bertz CT molecular complexity index is 741. The van der Waals surface area contributed by atoms with E-state index in [0.29, 0.717) is 12.1 Å². The second-order valence-corrected chi connectivity index (χ2v) is 4.66. The quantitative estimate of drug-likeness (QED) is 0.586. The molecule has 0 N–H and O–H groups in total. The highest BCUT2D eigenvalue weighted by Crippen LogP contribution is 2.43. The minimum Gasteiger partial charge on any atom is -0.255 e. The summed E-state index contributed by atoms with van der Waals surface area (Å²) < 4.78 is 116. The van der Waals surface area contributed by atoms with Crippen LogP contribution in [-0.4, -0.2) is 4.98 Å². The van der Waals surface area contributed by atoms with Crippen molar-refractivity contribution in [1.29, 1.82) is 0 Å². The molecule has 0 aliphatic heterocycles. The normalized spacial score (nSPS) is 13.2. The first-order valence-electron chi connectivity index (χ1n) is 6.13. The number of hydrogen-bond donors (Lipinski definition) is 0. The van der Waals surface area contributed by atoms with Crippen molar-refractivity contribution in [3.05, 3.63) is 53.2 Å². The second-order valence-electron chi connectivity index (χ2n) is 4.66. The third-order valence-corrected chi connectivity index (χ3v) is 3.01. The molecule has 0 bridgehead atoms. The van der Waals surface area contributed by atoms with Gasteiger partial charge in [-0.1, -0.05) is 18.2 Å². The summed E-state index contributed by atoms with van der Waals surface area (Å²) in [5, 5.41) is 0. The van der Waals surface area contributed by atoms with Gasteiger partial charge in [-0.15, -0.1) is 0 Å². The molecule has 24 heavy (non-hydrogen) atoms. The molecule has 1 aromatic heterocycles. The number of rotatable bonds is 1. The first-order chi connectivity index (χ1) is 10.8. The fourth-order valence-electron chi connectivity index (χ4n) is 1.99. The lowest BCUT2D eigenvalue weighted by Crippen LogP contribution is -2.15. The molecule has 2 rings (SSSR count). The van der Waals surface area contributed by atoms with Crippen LogP contribution in [0.25, 0.3) is 11.3 Å². The van der Waals surface area contributed by atoms with Crippen LogP contribution in [0.2, 0.25) is 0 Å². The number of aromatic nitrogens is 1. The largest absolute Gasteiger partial charge is 0.418 e. The first kappa shape index (κ1) is 18.1. The Morgan fingerprint density at radius 1 is 0.667 bits per heavy atom. The van der Waals surface area contributed by atoms with Crippen LogP contribution in [0.4, 0.5) is 39.5 Å². The summed E-state index contributed by atoms with van der Waals surface area (Å²) in [5.41, 5.74) is -7.20. The molecule has 0 aliphatic carbocycles. The smallest absolute Gasteiger partial charge is 0.255 e. The van der Waals surface area contributed by atoms with E-state index in [2.05, 4.69) is 4.98 Å². The maximum Gasteiger partial charge on any atom is 0.418 e. The monoisotopic (exact) mass is 359 g/mol. The Labute approximate surface area is 128 Å². The fourth-order valence-corrected chi connectivity index (χ4v) is 1.99. The van der Waals surface area contributed by atoms with Gasteiger partial charge in [0.25, 0.3) is 0 Å². The van der Waals surface area contributed by atoms with E-state index in [9.17, 15) is 39.5 Å². The molecule has 0 saturated heterocycles. The summed E-state index contributed by atoms with van der Waals surface area (Å²) in [6, 6.07) is 2.96. The molecular formula is C14H6F9N. The number of nitrogens with zero attached hydrogens (tertiary/aromatic N) is 1. The third kappa shape index (κ3) is 3.62. The molecule has 0 spiro atoms. The Balaban J connectivity index is 2.77. The maximum absolute atomic E-state index is 13.0. The van der Waals surface area contributed by atoms with Gasteiger partial charge in [-0.05, 0) is 12.1 Å². The second kappa shape index (κ2) is 5.67. The number of alkyl halides is 9. The van der Waals surface area contributed by atoms with Crippen molar-refractivity contribution >= 4 is 0 Å². The summed E-state index contributed by atoms with van der Waals surface area (Å²) in [4.78, 5) is 3.02. The van der Waals surface area contributed by atoms with E-state index in [1.165, 1.54) is 0 Å². The van der Waals surface area contributed by atoms with Crippen LogP contribution < -0.4 is 0 Å². The maximum atomic E-state index is 13.0. The number of benzene rings is 1. The topological polar surface area (TPSA) is 12.9 Å². The van der Waals surface area contributed by atoms with Gasteiger partial charge in [-0.3, -0.25) is 4.98 Å². The van der Waals surface area contributed by atoms with Crippen LogP contribution in [0.3, 0.4) is 0 Å². The number of halogens is 9. The van der Waals surface area contributed by atoms with Gasteiger partial charge in [0.05, 0.1) is 22.4 Å². The zero-order chi connectivity index (χ0) is 18.3. The first-order valence-corrected chi connectivity index (χ1v) is 6.13. The van der Waals surface area contributed by atoms with Crippen molar-refractivity contribution in [1.82, 2.24) is 4.98 Å². The zero-order valence-electron chi connectivity index (χ0n) is 11.3. The predicted molar refractivity (Wildman–Crippen MR) is 64.7 cm³/mol. The van der Waals surface area contributed by atoms with Crippen LogP contribution >= 0.6 is 0 Å². The molecule has 1 nitrogen and oxygen atoms in total. The molecule has 10 heteroatoms. The molecule has 1 aromatic carbocycles. The molecule has 130 valence electrons. The Hall–Kier alpha value is -2.26. The van der Waals surface area contributed by atoms with Crippen molar-refractivity contribution in [2.75, 3.05) is 0 Å². The van der Waals surface area contributed by atoms with Crippen LogP contribution in [-0.2, 0) is 18.5 Å². The zero-order valence-corrected chi connectivity index (χ0v) is 11.3. The standard InChI is InChI=1S/C14H6F9N/c15-12(16,17)7-5-10(14(21,22)23)11(24-6-7)8-3-1-2-4-9(8)13(18,19)20/h1-6H. The molecule has 0 atom stereocenters. The van der Waals surface area contributed by atoms with Gasteiger partial charge in [-0.25, -0.2) is 0 Å². The third-order valence-electron chi connectivity index (χ3n) is 3.01. The summed E-state index contributed by atoms with van der Waals surface area (Å²) in [5.74, 6) is 0. The molecule has 2 aromatic rings. The van der Waals surface area contributed by atoms with Crippen molar-refractivity contribution in [3.63, 3.8) is 0 Å². The summed E-state index contributed by atoms with van der Waals surface area (Å²) in [7, 11) is 0. The Morgan fingerprint density at radius 3 is 1.71 bits per heavy atom. The van der Waals surface area contributed by atoms with Gasteiger partial charge in [-0.2, -0.15) is 39.5 Å². The lowest BCUT2D eigenvalue weighted by Gasteiger charge is -2.18. The molecule has 0 unspecified atom stereocenters. The Morgan fingerprint density at radius 2 is 1.21 bits per heavy atom. The fraction of sp³-hybridized carbons (Fsp3) is 0.214. The summed E-state index contributed by atoms with van der Waals surface area (Å²) in [6.07, 6.45) is -15.4. The van der Waals surface area contributed by atoms with E-state index in [-0.39, 0.29) is 12.3 Å². The SMILES string of the molecule is FC(F)(F)c1cnc(-c2ccccc2C(F)(F)F)c(C(F)(F)F)c1. The van der Waals surface area contributed by atoms with E-state index in [1.54, 1.807) is 0 Å². The average molecular weight is 359 g/mol. The van der Waals surface area contributed by atoms with Crippen molar-refractivity contribution in [2.45, 2.75) is 18.5 Å². The minimum atomic E-state index is -5.32. The van der Waals surface area contributed by atoms with Crippen LogP contribution in [0.1, 0.15) is 16.7 Å². The van der Waals surface area contributed by atoms with Gasteiger partial charge in [0.1, 0.15) is 0 Å². The van der Waals surface area contributed by atoms with Crippen molar-refractivity contribution in [3.8, 4) is 11.3 Å². The lowest BCUT2D eigenvalue weighted by molar-refractivity contribution is -0.144. The highest BCUT2D eigenvalue weighted by molar-refractivity contribution is 5.68. The molecule has 0 aliphatic rings. The summed E-state index contributed by atoms with van der Waals surface area (Å²) in [6.45, 7) is 0. The summed E-state index contributed by atoms with van der Waals surface area (Å²) >= 11 is 0. The van der Waals surface area contributed by atoms with E-state index in [4.69, 9.17) is 0 Å². The number of hydrogen-bond acceptors (Lipinski definition) is 1. The number of pyridine rings is 1. The minimum absolute atomic E-state index is 0.0672. The van der Waals surface area contributed by atoms with Gasteiger partial charge in [0.2, 0.25) is 0 Å². The lowest BCUT2D eigenvalue weighted by atomic mass is 9.98. The molecule has 0 amide bonds. The van der Waals surface area contributed by atoms with Crippen LogP contribution in [0, 0.1) is 0 Å². The highest BCUT2D eigenvalue weighted by atomic mass is 19.4. The molecule has 0 radical (unpaired) electrons. The molecule has 0 fully saturated rings. The van der Waals surface area contributed by atoms with E-state index in [1.807, 2.05) is 0 Å². The molecule has 1 heterocycles. The molecular weight excluding hydrogens is 353 g/mol. The average Bonchev–Trinajstić information content (AvgIpc) is 2.44. The highest BCUT2D eigenvalue weighted by Gasteiger charge is 2.41. The predicted octanol–water partition coefficient (Wildman–Crippen LogP) is 5.81. The van der Waals surface area contributed by atoms with Gasteiger partial charge >= 0.3 is 18.5 Å². The molecule has 0 saturated carbocycles. The van der Waals surface area contributed by atoms with Gasteiger partial charge < -0.3 is 0 Å². The van der Waals surface area contributed by atoms with Crippen LogP contribution in [0.15, 0.2) is 36.5 Å². The van der Waals surface area contributed by atoms with Crippen molar-refractivity contribution in [2.24, 2.45) is 0 Å². The van der Waals surface area contributed by atoms with Gasteiger partial charge in [0, 0.05) is 11.8 Å². The Kier molecular flexibility index (Phi) is 4.28. The van der Waals surface area contributed by atoms with Gasteiger partial charge in [0.15, 0.2) is 0 Å². The van der Waals surface area contributed by atoms with E-state index < -0.39 is 46.5 Å².